The minimum atomic E-state index is 0.136. The average molecular weight is 344 g/mol. The summed E-state index contributed by atoms with van der Waals surface area (Å²) in [6, 6.07) is 11.0. The molecule has 1 aliphatic carbocycles. The molecule has 6 heteroatoms. The van der Waals surface area contributed by atoms with Crippen molar-refractivity contribution in [2.75, 3.05) is 11.4 Å². The molecule has 0 saturated heterocycles. The maximum atomic E-state index is 11.9. The topological polar surface area (TPSA) is 58.1 Å². The highest BCUT2D eigenvalue weighted by Crippen LogP contribution is 2.22. The summed E-state index contributed by atoms with van der Waals surface area (Å²) < 4.78 is 4.49. The monoisotopic (exact) mass is 344 g/mol. The highest BCUT2D eigenvalue weighted by atomic mass is 32.1. The van der Waals surface area contributed by atoms with E-state index in [1.54, 1.807) is 0 Å². The van der Waals surface area contributed by atoms with Crippen LogP contribution in [0.1, 0.15) is 44.5 Å². The Kier molecular flexibility index (Phi) is 5.45. The van der Waals surface area contributed by atoms with Crippen molar-refractivity contribution in [3.05, 3.63) is 41.7 Å². The van der Waals surface area contributed by atoms with Gasteiger partial charge in [0.25, 0.3) is 0 Å². The first-order valence-corrected chi connectivity index (χ1v) is 9.31. The summed E-state index contributed by atoms with van der Waals surface area (Å²) >= 11 is 1.42. The van der Waals surface area contributed by atoms with Crippen LogP contribution in [0.15, 0.2) is 30.3 Å². The van der Waals surface area contributed by atoms with Crippen molar-refractivity contribution < 1.29 is 4.79 Å². The third-order valence-electron chi connectivity index (χ3n) is 4.05. The molecule has 1 saturated carbocycles. The van der Waals surface area contributed by atoms with Crippen molar-refractivity contribution >= 4 is 22.6 Å². The first-order chi connectivity index (χ1) is 11.6. The summed E-state index contributed by atoms with van der Waals surface area (Å²) in [4.78, 5) is 18.8. The molecule has 0 aliphatic heterocycles. The van der Waals surface area contributed by atoms with Crippen LogP contribution in [0.25, 0.3) is 0 Å². The van der Waals surface area contributed by atoms with Crippen LogP contribution < -0.4 is 10.2 Å². The maximum Gasteiger partial charge on any atom is 0.221 e. The Morgan fingerprint density at radius 2 is 2.08 bits per heavy atom. The zero-order chi connectivity index (χ0) is 16.9. The van der Waals surface area contributed by atoms with Crippen LogP contribution in [0.3, 0.4) is 0 Å². The molecule has 1 aromatic carbocycles. The Morgan fingerprint density at radius 1 is 1.33 bits per heavy atom. The highest BCUT2D eigenvalue weighted by molar-refractivity contribution is 7.09. The molecular formula is C18H24N4OS. The van der Waals surface area contributed by atoms with Crippen molar-refractivity contribution in [3.8, 4) is 0 Å². The average Bonchev–Trinajstić information content (AvgIpc) is 3.25. The molecule has 5 nitrogen and oxygen atoms in total. The molecule has 128 valence electrons. The van der Waals surface area contributed by atoms with Gasteiger partial charge in [0.15, 0.2) is 0 Å². The number of hydrogen-bond donors (Lipinski definition) is 1. The fourth-order valence-corrected chi connectivity index (χ4v) is 3.38. The van der Waals surface area contributed by atoms with Gasteiger partial charge < -0.3 is 10.2 Å². The van der Waals surface area contributed by atoms with Gasteiger partial charge in [0.2, 0.25) is 11.0 Å². The number of nitrogens with zero attached hydrogens (tertiary/aromatic N) is 3. The summed E-state index contributed by atoms with van der Waals surface area (Å²) in [6.07, 6.45) is 3.49. The maximum absolute atomic E-state index is 11.9. The third-order valence-corrected chi connectivity index (χ3v) is 4.84. The van der Waals surface area contributed by atoms with Crippen molar-refractivity contribution in [3.63, 3.8) is 0 Å². The van der Waals surface area contributed by atoms with Gasteiger partial charge in [-0.05, 0) is 32.3 Å². The van der Waals surface area contributed by atoms with Crippen molar-refractivity contribution in [1.82, 2.24) is 14.7 Å². The largest absolute Gasteiger partial charge is 0.353 e. The van der Waals surface area contributed by atoms with Crippen LogP contribution in [0.2, 0.25) is 0 Å². The zero-order valence-electron chi connectivity index (χ0n) is 14.2. The van der Waals surface area contributed by atoms with E-state index in [4.69, 9.17) is 0 Å². The Morgan fingerprint density at radius 3 is 2.75 bits per heavy atom. The molecule has 1 amide bonds. The molecule has 0 radical (unpaired) electrons. The molecule has 1 heterocycles. The molecule has 3 rings (SSSR count). The number of hydrogen-bond acceptors (Lipinski definition) is 5. The number of carbonyl (C=O) groups excluding carboxylic acids is 1. The second-order valence-electron chi connectivity index (χ2n) is 6.53. The fourth-order valence-electron chi connectivity index (χ4n) is 2.54. The van der Waals surface area contributed by atoms with Crippen LogP contribution in [0.4, 0.5) is 5.13 Å². The van der Waals surface area contributed by atoms with Crippen LogP contribution in [0, 0.1) is 0 Å². The number of amides is 1. The fraction of sp³-hybridized carbons (Fsp3) is 0.500. The lowest BCUT2D eigenvalue weighted by Crippen LogP contribution is -2.35. The van der Waals surface area contributed by atoms with E-state index in [0.29, 0.717) is 19.0 Å². The third kappa shape index (κ3) is 4.77. The van der Waals surface area contributed by atoms with Gasteiger partial charge in [0, 0.05) is 43.0 Å². The second-order valence-corrected chi connectivity index (χ2v) is 7.26. The lowest BCUT2D eigenvalue weighted by molar-refractivity contribution is -0.121. The standard InChI is InChI=1S/C18H24N4OS/c1-13(2)22(11-10-17(23)19-15-8-9-15)18-20-16(21-24-18)12-14-6-4-3-5-7-14/h3-7,13,15H,8-12H2,1-2H3,(H,19,23). The van der Waals surface area contributed by atoms with Crippen LogP contribution in [-0.2, 0) is 11.2 Å². The first kappa shape index (κ1) is 16.9. The molecule has 0 bridgehead atoms. The van der Waals surface area contributed by atoms with Gasteiger partial charge in [0.05, 0.1) is 0 Å². The van der Waals surface area contributed by atoms with Gasteiger partial charge in [-0.25, -0.2) is 4.98 Å². The number of carbonyl (C=O) groups is 1. The summed E-state index contributed by atoms with van der Waals surface area (Å²) in [5.41, 5.74) is 1.21. The molecule has 1 aromatic heterocycles. The predicted octanol–water partition coefficient (Wildman–Crippen LogP) is 3.01. The summed E-state index contributed by atoms with van der Waals surface area (Å²) in [7, 11) is 0. The number of benzene rings is 1. The van der Waals surface area contributed by atoms with Gasteiger partial charge in [-0.15, -0.1) is 0 Å². The van der Waals surface area contributed by atoms with E-state index >= 15 is 0 Å². The predicted molar refractivity (Wildman–Crippen MR) is 97.4 cm³/mol. The summed E-state index contributed by atoms with van der Waals surface area (Å²) in [5.74, 6) is 0.978. The van der Waals surface area contributed by atoms with E-state index < -0.39 is 0 Å². The Labute approximate surface area is 147 Å². The van der Waals surface area contributed by atoms with Gasteiger partial charge >= 0.3 is 0 Å². The molecule has 1 aliphatic rings. The lowest BCUT2D eigenvalue weighted by atomic mass is 10.1. The minimum absolute atomic E-state index is 0.136. The molecule has 0 unspecified atom stereocenters. The van der Waals surface area contributed by atoms with Crippen molar-refractivity contribution in [1.29, 1.82) is 0 Å². The van der Waals surface area contributed by atoms with Gasteiger partial charge in [0.1, 0.15) is 5.82 Å². The highest BCUT2D eigenvalue weighted by Gasteiger charge is 2.24. The van der Waals surface area contributed by atoms with Gasteiger partial charge in [-0.3, -0.25) is 4.79 Å². The number of rotatable bonds is 8. The van der Waals surface area contributed by atoms with Crippen molar-refractivity contribution in [2.45, 2.75) is 51.6 Å². The van der Waals surface area contributed by atoms with E-state index in [1.165, 1.54) is 17.1 Å². The van der Waals surface area contributed by atoms with Gasteiger partial charge in [-0.2, -0.15) is 4.37 Å². The molecular weight excluding hydrogens is 320 g/mol. The normalized spacial score (nSPS) is 14.0. The van der Waals surface area contributed by atoms with E-state index in [2.05, 4.69) is 45.6 Å². The van der Waals surface area contributed by atoms with Gasteiger partial charge in [-0.1, -0.05) is 30.3 Å². The number of anilines is 1. The van der Waals surface area contributed by atoms with Crippen LogP contribution >= 0.6 is 11.5 Å². The molecule has 0 atom stereocenters. The minimum Gasteiger partial charge on any atom is -0.353 e. The SMILES string of the molecule is CC(C)N(CCC(=O)NC1CC1)c1nc(Cc2ccccc2)ns1. The summed E-state index contributed by atoms with van der Waals surface area (Å²) in [6.45, 7) is 4.92. The lowest BCUT2D eigenvalue weighted by Gasteiger charge is -2.25. The Balaban J connectivity index is 1.59. The Bertz CT molecular complexity index is 667. The number of nitrogens with one attached hydrogen (secondary N) is 1. The second kappa shape index (κ2) is 7.75. The molecule has 1 fully saturated rings. The molecule has 1 N–H and O–H groups in total. The Hall–Kier alpha value is -1.95. The van der Waals surface area contributed by atoms with Crippen LogP contribution in [0.5, 0.6) is 0 Å². The summed E-state index contributed by atoms with van der Waals surface area (Å²) in [5, 5.41) is 3.94. The van der Waals surface area contributed by atoms with E-state index in [9.17, 15) is 4.79 Å². The smallest absolute Gasteiger partial charge is 0.221 e. The first-order valence-electron chi connectivity index (χ1n) is 8.54. The molecule has 0 spiro atoms. The van der Waals surface area contributed by atoms with Crippen molar-refractivity contribution in [2.24, 2.45) is 0 Å². The van der Waals surface area contributed by atoms with E-state index in [-0.39, 0.29) is 11.9 Å². The van der Waals surface area contributed by atoms with E-state index in [1.807, 2.05) is 18.2 Å². The zero-order valence-corrected chi connectivity index (χ0v) is 15.1. The quantitative estimate of drug-likeness (QED) is 0.800. The number of aromatic nitrogens is 2. The van der Waals surface area contributed by atoms with E-state index in [0.717, 1.165) is 30.2 Å². The van der Waals surface area contributed by atoms with Crippen LogP contribution in [-0.4, -0.2) is 33.9 Å². The molecule has 2 aromatic rings. The molecule has 24 heavy (non-hydrogen) atoms.